The molecular weight excluding hydrogens is 377 g/mol. The Labute approximate surface area is 153 Å². The Balaban J connectivity index is 1.84. The maximum Gasteiger partial charge on any atom is 0.271 e. The van der Waals surface area contributed by atoms with Gasteiger partial charge in [-0.2, -0.15) is 5.10 Å². The van der Waals surface area contributed by atoms with Gasteiger partial charge in [0.15, 0.2) is 6.73 Å². The van der Waals surface area contributed by atoms with Crippen molar-refractivity contribution < 1.29 is 14.3 Å². The standard InChI is InChI=1S/C15H14Cl3N3O3/c16-10-3-4-13(11(17)8-10)24-9-21-7-5-12(20-21)15(23)19-6-1-2-14(18)22/h3-5,7-8H,1-2,6,9H2,(H,19,23). The van der Waals surface area contributed by atoms with E-state index in [1.165, 1.54) is 4.68 Å². The van der Waals surface area contributed by atoms with Crippen LogP contribution in [0.15, 0.2) is 30.5 Å². The zero-order chi connectivity index (χ0) is 17.5. The number of nitrogens with one attached hydrogen (secondary N) is 1. The van der Waals surface area contributed by atoms with E-state index in [4.69, 9.17) is 39.5 Å². The molecule has 0 aliphatic heterocycles. The predicted molar refractivity (Wildman–Crippen MR) is 91.7 cm³/mol. The molecule has 1 heterocycles. The summed E-state index contributed by atoms with van der Waals surface area (Å²) in [5.41, 5.74) is 0.248. The van der Waals surface area contributed by atoms with Crippen LogP contribution in [0.2, 0.25) is 10.0 Å². The molecule has 9 heteroatoms. The quantitative estimate of drug-likeness (QED) is 0.553. The molecule has 0 atom stereocenters. The third-order valence-electron chi connectivity index (χ3n) is 2.96. The number of nitrogens with zero attached hydrogens (tertiary/aromatic N) is 2. The number of carbonyl (C=O) groups excluding carboxylic acids is 2. The number of hydrogen-bond acceptors (Lipinski definition) is 4. The molecule has 0 radical (unpaired) electrons. The number of ether oxygens (including phenoxy) is 1. The first-order valence-corrected chi connectivity index (χ1v) is 8.17. The van der Waals surface area contributed by atoms with E-state index in [0.717, 1.165) is 0 Å². The molecular formula is C15H14Cl3N3O3. The summed E-state index contributed by atoms with van der Waals surface area (Å²) in [5.74, 6) is 0.133. The topological polar surface area (TPSA) is 73.2 Å². The maximum absolute atomic E-state index is 11.9. The van der Waals surface area contributed by atoms with E-state index < -0.39 is 5.24 Å². The highest BCUT2D eigenvalue weighted by atomic mass is 35.5. The second-order valence-corrected chi connectivity index (χ2v) is 6.07. The molecule has 0 unspecified atom stereocenters. The predicted octanol–water partition coefficient (Wildman–Crippen LogP) is 3.50. The van der Waals surface area contributed by atoms with Gasteiger partial charge in [-0.05, 0) is 42.3 Å². The molecule has 1 aromatic heterocycles. The van der Waals surface area contributed by atoms with Crippen LogP contribution in [0.25, 0.3) is 0 Å². The van der Waals surface area contributed by atoms with Crippen molar-refractivity contribution >= 4 is 46.0 Å². The molecule has 24 heavy (non-hydrogen) atoms. The van der Waals surface area contributed by atoms with Crippen molar-refractivity contribution in [1.29, 1.82) is 0 Å². The van der Waals surface area contributed by atoms with E-state index in [2.05, 4.69) is 10.4 Å². The van der Waals surface area contributed by atoms with Gasteiger partial charge in [0, 0.05) is 24.2 Å². The molecule has 2 rings (SSSR count). The van der Waals surface area contributed by atoms with Gasteiger partial charge in [0.2, 0.25) is 5.24 Å². The minimum Gasteiger partial charge on any atom is -0.470 e. The largest absolute Gasteiger partial charge is 0.470 e. The fourth-order valence-electron chi connectivity index (χ4n) is 1.80. The minimum absolute atomic E-state index is 0.0926. The normalized spacial score (nSPS) is 10.5. The third kappa shape index (κ3) is 5.70. The zero-order valence-corrected chi connectivity index (χ0v) is 14.7. The van der Waals surface area contributed by atoms with Crippen molar-refractivity contribution in [2.24, 2.45) is 0 Å². The first kappa shape index (κ1) is 18.6. The summed E-state index contributed by atoms with van der Waals surface area (Å²) < 4.78 is 6.98. The van der Waals surface area contributed by atoms with Crippen LogP contribution >= 0.6 is 34.8 Å². The van der Waals surface area contributed by atoms with Gasteiger partial charge >= 0.3 is 0 Å². The molecule has 1 N–H and O–H groups in total. The number of carbonyl (C=O) groups is 2. The molecule has 1 aromatic carbocycles. The molecule has 0 bridgehead atoms. The van der Waals surface area contributed by atoms with Gasteiger partial charge in [-0.1, -0.05) is 23.2 Å². The summed E-state index contributed by atoms with van der Waals surface area (Å²) in [6.45, 7) is 0.441. The molecule has 0 saturated carbocycles. The van der Waals surface area contributed by atoms with Crippen molar-refractivity contribution in [3.8, 4) is 5.75 Å². The Morgan fingerprint density at radius 3 is 2.75 bits per heavy atom. The Bertz CT molecular complexity index is 734. The Kier molecular flexibility index (Phi) is 6.90. The summed E-state index contributed by atoms with van der Waals surface area (Å²) in [5, 5.41) is 7.24. The first-order valence-electron chi connectivity index (χ1n) is 7.03. The fourth-order valence-corrected chi connectivity index (χ4v) is 2.40. The van der Waals surface area contributed by atoms with Crippen LogP contribution < -0.4 is 10.1 Å². The number of aromatic nitrogens is 2. The summed E-state index contributed by atoms with van der Waals surface area (Å²) in [7, 11) is 0. The lowest BCUT2D eigenvalue weighted by Crippen LogP contribution is -2.25. The smallest absolute Gasteiger partial charge is 0.271 e. The minimum atomic E-state index is -0.425. The van der Waals surface area contributed by atoms with E-state index in [1.807, 2.05) is 0 Å². The maximum atomic E-state index is 11.9. The van der Waals surface area contributed by atoms with Crippen LogP contribution in [-0.4, -0.2) is 27.5 Å². The van der Waals surface area contributed by atoms with E-state index >= 15 is 0 Å². The van der Waals surface area contributed by atoms with Crippen LogP contribution in [0.1, 0.15) is 23.3 Å². The molecule has 0 aliphatic carbocycles. The Morgan fingerprint density at radius 1 is 1.25 bits per heavy atom. The van der Waals surface area contributed by atoms with Gasteiger partial charge in [0.05, 0.1) is 5.02 Å². The average Bonchev–Trinajstić information content (AvgIpc) is 2.99. The van der Waals surface area contributed by atoms with Gasteiger partial charge in [-0.15, -0.1) is 0 Å². The van der Waals surface area contributed by atoms with Gasteiger partial charge < -0.3 is 10.1 Å². The van der Waals surface area contributed by atoms with Crippen LogP contribution in [-0.2, 0) is 11.5 Å². The zero-order valence-electron chi connectivity index (χ0n) is 12.5. The molecule has 0 fully saturated rings. The van der Waals surface area contributed by atoms with Crippen molar-refractivity contribution in [3.05, 3.63) is 46.2 Å². The van der Waals surface area contributed by atoms with Crippen molar-refractivity contribution in [3.63, 3.8) is 0 Å². The molecule has 128 valence electrons. The monoisotopic (exact) mass is 389 g/mol. The summed E-state index contributed by atoms with van der Waals surface area (Å²) >= 11 is 17.0. The Hall–Kier alpha value is -1.76. The number of rotatable bonds is 8. The van der Waals surface area contributed by atoms with Gasteiger partial charge in [0.1, 0.15) is 11.4 Å². The lowest BCUT2D eigenvalue weighted by molar-refractivity contribution is -0.111. The molecule has 0 saturated heterocycles. The highest BCUT2D eigenvalue weighted by Gasteiger charge is 2.10. The van der Waals surface area contributed by atoms with E-state index in [1.54, 1.807) is 30.5 Å². The van der Waals surface area contributed by atoms with E-state index in [-0.39, 0.29) is 24.8 Å². The van der Waals surface area contributed by atoms with Crippen LogP contribution in [0.4, 0.5) is 0 Å². The number of benzene rings is 1. The third-order valence-corrected chi connectivity index (χ3v) is 3.67. The molecule has 6 nitrogen and oxygen atoms in total. The fraction of sp³-hybridized carbons (Fsp3) is 0.267. The van der Waals surface area contributed by atoms with E-state index in [0.29, 0.717) is 28.8 Å². The molecule has 0 spiro atoms. The molecule has 1 amide bonds. The SMILES string of the molecule is O=C(Cl)CCCNC(=O)c1ccn(COc2ccc(Cl)cc2Cl)n1. The van der Waals surface area contributed by atoms with Gasteiger partial charge in [-0.3, -0.25) is 9.59 Å². The highest BCUT2D eigenvalue weighted by Crippen LogP contribution is 2.27. The lowest BCUT2D eigenvalue weighted by Gasteiger charge is -2.08. The number of amides is 1. The van der Waals surface area contributed by atoms with Gasteiger partial charge in [-0.25, -0.2) is 4.68 Å². The van der Waals surface area contributed by atoms with Crippen LogP contribution in [0, 0.1) is 0 Å². The number of hydrogen-bond donors (Lipinski definition) is 1. The van der Waals surface area contributed by atoms with Crippen molar-refractivity contribution in [2.45, 2.75) is 19.6 Å². The second kappa shape index (κ2) is 8.92. The van der Waals surface area contributed by atoms with Crippen LogP contribution in [0.3, 0.4) is 0 Å². The van der Waals surface area contributed by atoms with Crippen molar-refractivity contribution in [2.75, 3.05) is 6.54 Å². The highest BCUT2D eigenvalue weighted by molar-refractivity contribution is 6.63. The average molecular weight is 391 g/mol. The summed E-state index contributed by atoms with van der Waals surface area (Å²) in [4.78, 5) is 22.5. The Morgan fingerprint density at radius 2 is 2.04 bits per heavy atom. The molecule has 0 aliphatic rings. The van der Waals surface area contributed by atoms with E-state index in [9.17, 15) is 9.59 Å². The number of halogens is 3. The first-order chi connectivity index (χ1) is 11.5. The van der Waals surface area contributed by atoms with Gasteiger partial charge in [0.25, 0.3) is 5.91 Å². The second-order valence-electron chi connectivity index (χ2n) is 4.80. The molecule has 2 aromatic rings. The van der Waals surface area contributed by atoms with Crippen LogP contribution in [0.5, 0.6) is 5.75 Å². The lowest BCUT2D eigenvalue weighted by atomic mass is 10.3. The van der Waals surface area contributed by atoms with Crippen molar-refractivity contribution in [1.82, 2.24) is 15.1 Å². The summed E-state index contributed by atoms with van der Waals surface area (Å²) in [6, 6.07) is 6.46. The summed E-state index contributed by atoms with van der Waals surface area (Å²) in [6.07, 6.45) is 2.31.